The van der Waals surface area contributed by atoms with Crippen LogP contribution in [0.4, 0.5) is 11.5 Å². The maximum Gasteiger partial charge on any atom is 0.292 e. The monoisotopic (exact) mass is 400 g/mol. The van der Waals surface area contributed by atoms with Gasteiger partial charge in [-0.1, -0.05) is 30.0 Å². The van der Waals surface area contributed by atoms with Crippen LogP contribution in [0.15, 0.2) is 63.1 Å². The molecule has 3 aromatic rings. The lowest BCUT2D eigenvalue weighted by Gasteiger charge is -2.11. The Balaban J connectivity index is 1.93. The molecule has 28 heavy (non-hydrogen) atoms. The average molecular weight is 400 g/mol. The number of hydrogen-bond acceptors (Lipinski definition) is 7. The Morgan fingerprint density at radius 2 is 1.89 bits per heavy atom. The van der Waals surface area contributed by atoms with E-state index >= 15 is 0 Å². The molecular formula is C18H16N4O5S. The fraction of sp³-hybridized carbons (Fsp3) is 0.111. The van der Waals surface area contributed by atoms with Gasteiger partial charge < -0.3 is 20.2 Å². The van der Waals surface area contributed by atoms with Gasteiger partial charge in [0.15, 0.2) is 22.4 Å². The molecule has 2 amide bonds. The molecule has 0 unspecified atom stereocenters. The molecule has 144 valence electrons. The summed E-state index contributed by atoms with van der Waals surface area (Å²) in [5.74, 6) is -0.972. The molecule has 0 fully saturated rings. The second-order valence-corrected chi connectivity index (χ2v) is 6.50. The smallest absolute Gasteiger partial charge is 0.292 e. The Morgan fingerprint density at radius 1 is 1.11 bits per heavy atom. The number of benzene rings is 1. The molecule has 0 aliphatic rings. The summed E-state index contributed by atoms with van der Waals surface area (Å²) < 4.78 is 5.03. The van der Waals surface area contributed by atoms with Crippen LogP contribution in [0.1, 0.15) is 20.9 Å². The number of aromatic nitrogens is 2. The van der Waals surface area contributed by atoms with E-state index in [2.05, 4.69) is 20.6 Å². The lowest BCUT2D eigenvalue weighted by Crippen LogP contribution is -2.25. The van der Waals surface area contributed by atoms with Gasteiger partial charge in [0.05, 0.1) is 12.9 Å². The molecule has 2 heterocycles. The van der Waals surface area contributed by atoms with E-state index < -0.39 is 17.4 Å². The first-order valence-electron chi connectivity index (χ1n) is 8.17. The van der Waals surface area contributed by atoms with Crippen molar-refractivity contribution in [1.82, 2.24) is 9.97 Å². The fourth-order valence-electron chi connectivity index (χ4n) is 2.22. The van der Waals surface area contributed by atoms with Crippen LogP contribution in [0.2, 0.25) is 0 Å². The summed E-state index contributed by atoms with van der Waals surface area (Å²) in [7, 11) is 0. The first-order chi connectivity index (χ1) is 13.6. The predicted octanol–water partition coefficient (Wildman–Crippen LogP) is 1.95. The Morgan fingerprint density at radius 3 is 2.57 bits per heavy atom. The quantitative estimate of drug-likeness (QED) is 0.351. The predicted molar refractivity (Wildman–Crippen MR) is 104 cm³/mol. The number of carbonyl (C=O) groups is 2. The van der Waals surface area contributed by atoms with Crippen LogP contribution in [-0.4, -0.2) is 39.2 Å². The van der Waals surface area contributed by atoms with Gasteiger partial charge in [-0.15, -0.1) is 0 Å². The third-order valence-corrected chi connectivity index (χ3v) is 4.33. The minimum Gasteiger partial charge on any atom is -0.459 e. The van der Waals surface area contributed by atoms with Gasteiger partial charge in [0, 0.05) is 11.3 Å². The van der Waals surface area contributed by atoms with Gasteiger partial charge in [-0.05, 0) is 24.3 Å². The van der Waals surface area contributed by atoms with Gasteiger partial charge in [0.25, 0.3) is 17.4 Å². The van der Waals surface area contributed by atoms with E-state index in [0.29, 0.717) is 11.3 Å². The molecule has 10 heteroatoms. The average Bonchev–Trinajstić information content (AvgIpc) is 3.24. The molecule has 9 nitrogen and oxygen atoms in total. The zero-order valence-corrected chi connectivity index (χ0v) is 15.3. The summed E-state index contributed by atoms with van der Waals surface area (Å²) in [6.07, 6.45) is 1.33. The Kier molecular flexibility index (Phi) is 6.25. The summed E-state index contributed by atoms with van der Waals surface area (Å²) in [6.45, 7) is -0.116. The lowest BCUT2D eigenvalue weighted by atomic mass is 10.2. The van der Waals surface area contributed by atoms with Crippen molar-refractivity contribution in [2.45, 2.75) is 5.16 Å². The van der Waals surface area contributed by atoms with Gasteiger partial charge in [-0.25, -0.2) is 4.98 Å². The van der Waals surface area contributed by atoms with Crippen molar-refractivity contribution in [2.24, 2.45) is 0 Å². The fourth-order valence-corrected chi connectivity index (χ4v) is 2.83. The number of anilines is 2. The zero-order valence-electron chi connectivity index (χ0n) is 14.5. The molecule has 3 rings (SSSR count). The Labute approximate surface area is 163 Å². The molecule has 4 N–H and O–H groups in total. The summed E-state index contributed by atoms with van der Waals surface area (Å²) in [5.41, 5.74) is -0.513. The minimum atomic E-state index is -0.644. The molecule has 2 aromatic heterocycles. The maximum atomic E-state index is 12.5. The van der Waals surface area contributed by atoms with E-state index in [1.165, 1.54) is 12.3 Å². The highest BCUT2D eigenvalue weighted by molar-refractivity contribution is 7.99. The molecule has 0 bridgehead atoms. The third kappa shape index (κ3) is 4.67. The van der Waals surface area contributed by atoms with Crippen LogP contribution < -0.4 is 16.2 Å². The number of nitrogens with zero attached hydrogens (tertiary/aromatic N) is 1. The SMILES string of the molecule is O=C(Nc1c(NC(=O)c2ccco2)nc(SCCO)[nH]c1=O)c1ccccc1. The number of rotatable bonds is 7. The van der Waals surface area contributed by atoms with Crippen LogP contribution in [0, 0.1) is 0 Å². The normalized spacial score (nSPS) is 10.5. The van der Waals surface area contributed by atoms with Gasteiger partial charge in [0.1, 0.15) is 0 Å². The lowest BCUT2D eigenvalue weighted by molar-refractivity contribution is 0.0992. The van der Waals surface area contributed by atoms with E-state index in [9.17, 15) is 14.4 Å². The van der Waals surface area contributed by atoms with E-state index in [-0.39, 0.29) is 29.0 Å². The van der Waals surface area contributed by atoms with Crippen molar-refractivity contribution in [1.29, 1.82) is 0 Å². The molecule has 0 saturated carbocycles. The van der Waals surface area contributed by atoms with Gasteiger partial charge in [-0.3, -0.25) is 19.4 Å². The minimum absolute atomic E-state index is 0.0204. The molecule has 0 radical (unpaired) electrons. The van der Waals surface area contributed by atoms with Crippen LogP contribution >= 0.6 is 11.8 Å². The number of nitrogens with one attached hydrogen (secondary N) is 3. The number of H-pyrrole nitrogens is 1. The second kappa shape index (κ2) is 9.02. The van der Waals surface area contributed by atoms with Gasteiger partial charge in [0.2, 0.25) is 0 Å². The molecule has 1 aromatic carbocycles. The van der Waals surface area contributed by atoms with E-state index in [1.807, 2.05) is 0 Å². The summed E-state index contributed by atoms with van der Waals surface area (Å²) in [4.78, 5) is 43.9. The summed E-state index contributed by atoms with van der Waals surface area (Å²) in [5, 5.41) is 14.1. The molecule has 0 aliphatic heterocycles. The number of furan rings is 1. The number of aliphatic hydroxyl groups excluding tert-OH is 1. The van der Waals surface area contributed by atoms with E-state index in [4.69, 9.17) is 9.52 Å². The van der Waals surface area contributed by atoms with E-state index in [0.717, 1.165) is 11.8 Å². The van der Waals surface area contributed by atoms with Crippen molar-refractivity contribution in [2.75, 3.05) is 23.0 Å². The van der Waals surface area contributed by atoms with Crippen LogP contribution in [0.3, 0.4) is 0 Å². The molecule has 0 atom stereocenters. The highest BCUT2D eigenvalue weighted by Gasteiger charge is 2.19. The first kappa shape index (κ1) is 19.4. The van der Waals surface area contributed by atoms with Crippen molar-refractivity contribution >= 4 is 35.1 Å². The number of hydrogen-bond donors (Lipinski definition) is 4. The summed E-state index contributed by atoms with van der Waals surface area (Å²) >= 11 is 1.09. The third-order valence-electron chi connectivity index (χ3n) is 3.48. The highest BCUT2D eigenvalue weighted by atomic mass is 32.2. The summed E-state index contributed by atoms with van der Waals surface area (Å²) in [6, 6.07) is 11.3. The Hall–Kier alpha value is -3.37. The van der Waals surface area contributed by atoms with Crippen molar-refractivity contribution < 1.29 is 19.1 Å². The van der Waals surface area contributed by atoms with Crippen molar-refractivity contribution in [3.05, 3.63) is 70.4 Å². The molecule has 0 saturated heterocycles. The molecular weight excluding hydrogens is 384 g/mol. The molecule has 0 spiro atoms. The topological polar surface area (TPSA) is 137 Å². The number of aromatic amines is 1. The van der Waals surface area contributed by atoms with Gasteiger partial charge >= 0.3 is 0 Å². The largest absolute Gasteiger partial charge is 0.459 e. The Bertz CT molecular complexity index is 1020. The number of amides is 2. The van der Waals surface area contributed by atoms with Crippen molar-refractivity contribution in [3.63, 3.8) is 0 Å². The number of aliphatic hydroxyl groups is 1. The maximum absolute atomic E-state index is 12.5. The van der Waals surface area contributed by atoms with E-state index in [1.54, 1.807) is 36.4 Å². The number of carbonyl (C=O) groups excluding carboxylic acids is 2. The van der Waals surface area contributed by atoms with Crippen molar-refractivity contribution in [3.8, 4) is 0 Å². The van der Waals surface area contributed by atoms with Crippen LogP contribution in [0.5, 0.6) is 0 Å². The van der Waals surface area contributed by atoms with Gasteiger partial charge in [-0.2, -0.15) is 0 Å². The molecule has 0 aliphatic carbocycles. The zero-order chi connectivity index (χ0) is 19.9. The van der Waals surface area contributed by atoms with Crippen LogP contribution in [-0.2, 0) is 0 Å². The first-order valence-corrected chi connectivity index (χ1v) is 9.16. The standard InChI is InChI=1S/C18H16N4O5S/c23-8-10-28-18-21-14(20-16(25)12-7-4-9-27-12)13(17(26)22-18)19-15(24)11-5-2-1-3-6-11/h1-7,9,23H,8,10H2,(H,19,24)(H2,20,21,22,25,26). The number of thioether (sulfide) groups is 1. The van der Waals surface area contributed by atoms with Crippen LogP contribution in [0.25, 0.3) is 0 Å². The second-order valence-electron chi connectivity index (χ2n) is 5.42. The highest BCUT2D eigenvalue weighted by Crippen LogP contribution is 2.20.